The van der Waals surface area contributed by atoms with Crippen molar-refractivity contribution in [1.82, 2.24) is 0 Å². The average Bonchev–Trinajstić information content (AvgIpc) is 2.37. The monoisotopic (exact) mass is 296 g/mol. The van der Waals surface area contributed by atoms with Crippen molar-refractivity contribution in [2.24, 2.45) is 5.41 Å². The fraction of sp³-hybridized carbons (Fsp3) is 0.647. The molecule has 0 aromatic heterocycles. The van der Waals surface area contributed by atoms with Crippen molar-refractivity contribution in [1.29, 1.82) is 0 Å². The fourth-order valence-electron chi connectivity index (χ4n) is 2.37. The van der Waals surface area contributed by atoms with E-state index in [2.05, 4.69) is 27.7 Å². The van der Waals surface area contributed by atoms with Gasteiger partial charge in [-0.15, -0.1) is 0 Å². The Hall–Kier alpha value is -0.750. The second kappa shape index (κ2) is 8.52. The van der Waals surface area contributed by atoms with Crippen LogP contribution in [0, 0.1) is 5.41 Å². The maximum atomic E-state index is 12.5. The lowest BCUT2D eigenvalue weighted by Gasteiger charge is -2.25. The van der Waals surface area contributed by atoms with Gasteiger partial charge in [0.05, 0.1) is 0 Å². The fourth-order valence-corrected chi connectivity index (χ4v) is 4.13. The summed E-state index contributed by atoms with van der Waals surface area (Å²) in [6, 6.07) is 9.53. The van der Waals surface area contributed by atoms with Gasteiger partial charge in [-0.2, -0.15) is 0 Å². The summed E-state index contributed by atoms with van der Waals surface area (Å²) in [7, 11) is -2.04. The minimum atomic E-state index is -2.04. The van der Waals surface area contributed by atoms with E-state index >= 15 is 0 Å². The third kappa shape index (κ3) is 7.14. The van der Waals surface area contributed by atoms with Gasteiger partial charge in [-0.05, 0) is 30.4 Å². The molecule has 0 aliphatic carbocycles. The topological polar surface area (TPSA) is 26.3 Å². The van der Waals surface area contributed by atoms with E-state index in [-0.39, 0.29) is 11.1 Å². The van der Waals surface area contributed by atoms with Crippen LogP contribution in [0.15, 0.2) is 30.3 Å². The highest BCUT2D eigenvalue weighted by molar-refractivity contribution is 7.40. The molecule has 20 heavy (non-hydrogen) atoms. The van der Waals surface area contributed by atoms with Crippen molar-refractivity contribution in [3.05, 3.63) is 30.3 Å². The smallest absolute Gasteiger partial charge is 0.239 e. The van der Waals surface area contributed by atoms with E-state index < -0.39 is 8.03 Å². The third-order valence-electron chi connectivity index (χ3n) is 3.31. The highest BCUT2D eigenvalue weighted by Gasteiger charge is 2.24. The van der Waals surface area contributed by atoms with Gasteiger partial charge in [0.1, 0.15) is 5.75 Å². The molecular weight excluding hydrogens is 267 g/mol. The van der Waals surface area contributed by atoms with E-state index in [0.29, 0.717) is 0 Å². The number of para-hydroxylation sites is 1. The molecule has 0 aliphatic heterocycles. The molecule has 0 amide bonds. The van der Waals surface area contributed by atoms with Crippen molar-refractivity contribution >= 4 is 8.03 Å². The normalized spacial score (nSPS) is 14.8. The summed E-state index contributed by atoms with van der Waals surface area (Å²) in [5.41, 5.74) is 0.379. The zero-order chi connectivity index (χ0) is 15.0. The van der Waals surface area contributed by atoms with Crippen LogP contribution in [0.25, 0.3) is 0 Å². The summed E-state index contributed by atoms with van der Waals surface area (Å²) in [5, 5.41) is 0. The molecule has 0 heterocycles. The Labute approximate surface area is 124 Å². The zero-order valence-corrected chi connectivity index (χ0v) is 14.3. The zero-order valence-electron chi connectivity index (χ0n) is 13.3. The highest BCUT2D eigenvalue weighted by atomic mass is 31.1. The highest BCUT2D eigenvalue weighted by Crippen LogP contribution is 2.40. The first-order valence-corrected chi connectivity index (χ1v) is 9.08. The van der Waals surface area contributed by atoms with Crippen molar-refractivity contribution in [2.45, 2.75) is 65.5 Å². The van der Waals surface area contributed by atoms with Crippen LogP contribution in [0.1, 0.15) is 59.8 Å². The first-order chi connectivity index (χ1) is 9.42. The molecule has 2 atom stereocenters. The molecule has 2 nitrogen and oxygen atoms in total. The van der Waals surface area contributed by atoms with Crippen LogP contribution in [-0.4, -0.2) is 5.66 Å². The lowest BCUT2D eigenvalue weighted by Crippen LogP contribution is -2.16. The summed E-state index contributed by atoms with van der Waals surface area (Å²) in [6.45, 7) is 8.81. The minimum Gasteiger partial charge on any atom is -0.445 e. The van der Waals surface area contributed by atoms with Crippen molar-refractivity contribution in [2.75, 3.05) is 0 Å². The Morgan fingerprint density at radius 1 is 1.15 bits per heavy atom. The maximum Gasteiger partial charge on any atom is 0.239 e. The number of unbranched alkanes of at least 4 members (excludes halogenated alkanes) is 2. The molecule has 0 N–H and O–H groups in total. The number of hydrogen-bond donors (Lipinski definition) is 0. The summed E-state index contributed by atoms with van der Waals surface area (Å²) >= 11 is 0. The first-order valence-electron chi connectivity index (χ1n) is 7.69. The lowest BCUT2D eigenvalue weighted by atomic mass is 9.89. The van der Waals surface area contributed by atoms with Gasteiger partial charge in [-0.3, -0.25) is 4.57 Å². The van der Waals surface area contributed by atoms with Gasteiger partial charge in [0, 0.05) is 5.66 Å². The lowest BCUT2D eigenvalue weighted by molar-refractivity contribution is 0.348. The third-order valence-corrected chi connectivity index (χ3v) is 4.91. The molecule has 1 rings (SSSR count). The molecule has 1 aromatic rings. The van der Waals surface area contributed by atoms with Gasteiger partial charge in [-0.1, -0.05) is 65.2 Å². The molecule has 0 aliphatic rings. The van der Waals surface area contributed by atoms with Gasteiger partial charge in [0.25, 0.3) is 0 Å². The predicted molar refractivity (Wildman–Crippen MR) is 88.1 cm³/mol. The Morgan fingerprint density at radius 2 is 1.80 bits per heavy atom. The molecule has 0 radical (unpaired) electrons. The summed E-state index contributed by atoms with van der Waals surface area (Å²) < 4.78 is 18.2. The Morgan fingerprint density at radius 3 is 2.35 bits per heavy atom. The number of benzene rings is 1. The molecule has 0 fully saturated rings. The summed E-state index contributed by atoms with van der Waals surface area (Å²) in [6.07, 6.45) is 5.52. The van der Waals surface area contributed by atoms with Crippen LogP contribution in [-0.2, 0) is 4.57 Å². The largest absolute Gasteiger partial charge is 0.445 e. The van der Waals surface area contributed by atoms with Crippen LogP contribution in [0.3, 0.4) is 0 Å². The first kappa shape index (κ1) is 17.3. The van der Waals surface area contributed by atoms with Crippen LogP contribution in [0.5, 0.6) is 5.75 Å². The SMILES string of the molecule is CCCCCC(CC(C)(C)C)[PH](=O)Oc1ccccc1. The van der Waals surface area contributed by atoms with Gasteiger partial charge < -0.3 is 4.52 Å². The number of hydrogen-bond acceptors (Lipinski definition) is 2. The number of rotatable bonds is 8. The Bertz CT molecular complexity index is 395. The Balaban J connectivity index is 2.63. The molecule has 0 saturated carbocycles. The summed E-state index contributed by atoms with van der Waals surface area (Å²) in [4.78, 5) is 0. The molecule has 0 bridgehead atoms. The molecular formula is C17H29O2P. The van der Waals surface area contributed by atoms with E-state index in [1.54, 1.807) is 0 Å². The average molecular weight is 296 g/mol. The van der Waals surface area contributed by atoms with Gasteiger partial charge >= 0.3 is 0 Å². The second-order valence-corrected chi connectivity index (χ2v) is 8.35. The summed E-state index contributed by atoms with van der Waals surface area (Å²) in [5.74, 6) is 0.728. The Kier molecular flexibility index (Phi) is 7.37. The van der Waals surface area contributed by atoms with Gasteiger partial charge in [0.2, 0.25) is 8.03 Å². The van der Waals surface area contributed by atoms with E-state index in [0.717, 1.165) is 25.0 Å². The van der Waals surface area contributed by atoms with Crippen LogP contribution in [0.2, 0.25) is 0 Å². The van der Waals surface area contributed by atoms with Crippen LogP contribution < -0.4 is 4.52 Å². The van der Waals surface area contributed by atoms with Gasteiger partial charge in [0.15, 0.2) is 0 Å². The van der Waals surface area contributed by atoms with Gasteiger partial charge in [-0.25, -0.2) is 0 Å². The molecule has 2 unspecified atom stereocenters. The van der Waals surface area contributed by atoms with E-state index in [1.807, 2.05) is 30.3 Å². The van der Waals surface area contributed by atoms with E-state index in [1.165, 1.54) is 12.8 Å². The van der Waals surface area contributed by atoms with Crippen LogP contribution in [0.4, 0.5) is 0 Å². The van der Waals surface area contributed by atoms with Crippen molar-refractivity contribution in [3.63, 3.8) is 0 Å². The van der Waals surface area contributed by atoms with Crippen molar-refractivity contribution in [3.8, 4) is 5.75 Å². The molecule has 114 valence electrons. The second-order valence-electron chi connectivity index (χ2n) is 6.69. The van der Waals surface area contributed by atoms with Crippen LogP contribution >= 0.6 is 8.03 Å². The standard InChI is InChI=1S/C17H29O2P/c1-5-6-8-13-16(14-17(2,3)4)20(18)19-15-11-9-7-10-12-15/h7,9-12,16,20H,5-6,8,13-14H2,1-4H3. The molecule has 3 heteroatoms. The van der Waals surface area contributed by atoms with E-state index in [9.17, 15) is 4.57 Å². The van der Waals surface area contributed by atoms with Crippen molar-refractivity contribution < 1.29 is 9.09 Å². The molecule has 0 spiro atoms. The molecule has 1 aromatic carbocycles. The van der Waals surface area contributed by atoms with E-state index in [4.69, 9.17) is 4.52 Å². The molecule has 0 saturated heterocycles. The minimum absolute atomic E-state index is 0.187. The predicted octanol–water partition coefficient (Wildman–Crippen LogP) is 5.93. The quantitative estimate of drug-likeness (QED) is 0.439. The maximum absolute atomic E-state index is 12.5.